The molecule has 0 bridgehead atoms. The fraction of sp³-hybridized carbons (Fsp3) is 0.600. The van der Waals surface area contributed by atoms with E-state index in [0.717, 1.165) is 18.4 Å². The highest BCUT2D eigenvalue weighted by Crippen LogP contribution is 2.17. The molecular formula is C15H23N3O. The highest BCUT2D eigenvalue weighted by atomic mass is 16.2. The van der Waals surface area contributed by atoms with E-state index in [1.807, 2.05) is 19.1 Å². The zero-order chi connectivity index (χ0) is 13.5. The third-order valence-electron chi connectivity index (χ3n) is 3.74. The summed E-state index contributed by atoms with van der Waals surface area (Å²) in [6.45, 7) is 1.99. The second kappa shape index (κ2) is 7.12. The number of carbonyl (C=O) groups is 1. The van der Waals surface area contributed by atoms with Gasteiger partial charge in [-0.15, -0.1) is 0 Å². The summed E-state index contributed by atoms with van der Waals surface area (Å²) in [5, 5.41) is 6.08. The molecule has 2 N–H and O–H groups in total. The minimum atomic E-state index is -0.0591. The van der Waals surface area contributed by atoms with Crippen LogP contribution in [0.25, 0.3) is 0 Å². The largest absolute Gasteiger partial charge is 0.335 e. The van der Waals surface area contributed by atoms with Crippen LogP contribution in [0.15, 0.2) is 24.5 Å². The zero-order valence-corrected chi connectivity index (χ0v) is 11.6. The standard InChI is InChI=1S/C15H23N3O/c1-12(13-8-10-16-11-9-13)17-15(19)18-14-6-4-2-3-5-7-14/h8-12,14H,2-7H2,1H3,(H2,17,18,19). The number of urea groups is 1. The Bertz CT molecular complexity index is 386. The predicted octanol–water partition coefficient (Wildman–Crippen LogP) is 3.16. The van der Waals surface area contributed by atoms with Crippen LogP contribution in [0.1, 0.15) is 57.1 Å². The van der Waals surface area contributed by atoms with Gasteiger partial charge in [-0.3, -0.25) is 4.98 Å². The first-order valence-corrected chi connectivity index (χ1v) is 7.22. The van der Waals surface area contributed by atoms with Crippen molar-refractivity contribution in [2.45, 2.75) is 57.5 Å². The lowest BCUT2D eigenvalue weighted by atomic mass is 10.1. The first kappa shape index (κ1) is 13.8. The number of amides is 2. The number of nitrogens with zero attached hydrogens (tertiary/aromatic N) is 1. The molecule has 1 unspecified atom stereocenters. The van der Waals surface area contributed by atoms with Gasteiger partial charge in [0, 0.05) is 18.4 Å². The van der Waals surface area contributed by atoms with Crippen molar-refractivity contribution in [3.8, 4) is 0 Å². The molecule has 104 valence electrons. The number of pyridine rings is 1. The number of hydrogen-bond donors (Lipinski definition) is 2. The third kappa shape index (κ3) is 4.54. The van der Waals surface area contributed by atoms with Gasteiger partial charge in [-0.05, 0) is 37.5 Å². The number of rotatable bonds is 3. The number of carbonyl (C=O) groups excluding carboxylic acids is 1. The van der Waals surface area contributed by atoms with Gasteiger partial charge in [0.25, 0.3) is 0 Å². The summed E-state index contributed by atoms with van der Waals surface area (Å²) in [6.07, 6.45) is 10.8. The molecule has 0 spiro atoms. The maximum Gasteiger partial charge on any atom is 0.315 e. The number of hydrogen-bond acceptors (Lipinski definition) is 2. The quantitative estimate of drug-likeness (QED) is 0.821. The van der Waals surface area contributed by atoms with E-state index in [1.165, 1.54) is 25.7 Å². The van der Waals surface area contributed by atoms with Crippen LogP contribution in [0.3, 0.4) is 0 Å². The summed E-state index contributed by atoms with van der Waals surface area (Å²) in [6, 6.07) is 4.14. The number of aromatic nitrogens is 1. The molecule has 1 saturated carbocycles. The summed E-state index contributed by atoms with van der Waals surface area (Å²) in [4.78, 5) is 16.0. The minimum absolute atomic E-state index is 0.00813. The fourth-order valence-corrected chi connectivity index (χ4v) is 2.58. The van der Waals surface area contributed by atoms with E-state index in [2.05, 4.69) is 15.6 Å². The molecule has 1 aliphatic carbocycles. The lowest BCUT2D eigenvalue weighted by Crippen LogP contribution is -2.42. The van der Waals surface area contributed by atoms with Crippen LogP contribution in [0.4, 0.5) is 4.79 Å². The normalized spacial score (nSPS) is 18.4. The van der Waals surface area contributed by atoms with E-state index in [-0.39, 0.29) is 12.1 Å². The first-order chi connectivity index (χ1) is 9.25. The highest BCUT2D eigenvalue weighted by Gasteiger charge is 2.16. The second-order valence-electron chi connectivity index (χ2n) is 5.31. The van der Waals surface area contributed by atoms with Gasteiger partial charge in [0.1, 0.15) is 0 Å². The van der Waals surface area contributed by atoms with Crippen molar-refractivity contribution in [2.75, 3.05) is 0 Å². The summed E-state index contributed by atoms with van der Waals surface area (Å²) < 4.78 is 0. The highest BCUT2D eigenvalue weighted by molar-refractivity contribution is 5.74. The van der Waals surface area contributed by atoms with E-state index in [4.69, 9.17) is 0 Å². The van der Waals surface area contributed by atoms with Crippen LogP contribution in [-0.4, -0.2) is 17.1 Å². The van der Waals surface area contributed by atoms with Crippen LogP contribution in [0.2, 0.25) is 0 Å². The third-order valence-corrected chi connectivity index (χ3v) is 3.74. The Hall–Kier alpha value is -1.58. The van der Waals surface area contributed by atoms with E-state index >= 15 is 0 Å². The Kier molecular flexibility index (Phi) is 5.19. The SMILES string of the molecule is CC(NC(=O)NC1CCCCCC1)c1ccncc1. The van der Waals surface area contributed by atoms with Crippen molar-refractivity contribution in [3.63, 3.8) is 0 Å². The maximum atomic E-state index is 12.0. The monoisotopic (exact) mass is 261 g/mol. The molecule has 1 heterocycles. The Balaban J connectivity index is 1.80. The molecule has 1 aromatic rings. The van der Waals surface area contributed by atoms with Crippen molar-refractivity contribution in [1.29, 1.82) is 0 Å². The first-order valence-electron chi connectivity index (χ1n) is 7.22. The van der Waals surface area contributed by atoms with Crippen molar-refractivity contribution in [3.05, 3.63) is 30.1 Å². The lowest BCUT2D eigenvalue weighted by molar-refractivity contribution is 0.232. The number of nitrogens with one attached hydrogen (secondary N) is 2. The van der Waals surface area contributed by atoms with Crippen LogP contribution in [0, 0.1) is 0 Å². The van der Waals surface area contributed by atoms with Gasteiger partial charge in [0.2, 0.25) is 0 Å². The van der Waals surface area contributed by atoms with E-state index in [1.54, 1.807) is 12.4 Å². The van der Waals surface area contributed by atoms with Crippen LogP contribution < -0.4 is 10.6 Å². The molecular weight excluding hydrogens is 238 g/mol. The summed E-state index contributed by atoms with van der Waals surface area (Å²) in [5.74, 6) is 0. The Morgan fingerprint density at radius 2 is 1.84 bits per heavy atom. The molecule has 4 heteroatoms. The van der Waals surface area contributed by atoms with Crippen LogP contribution in [-0.2, 0) is 0 Å². The zero-order valence-electron chi connectivity index (χ0n) is 11.6. The van der Waals surface area contributed by atoms with Gasteiger partial charge in [-0.1, -0.05) is 25.7 Å². The van der Waals surface area contributed by atoms with Crippen LogP contribution in [0.5, 0.6) is 0 Å². The predicted molar refractivity (Wildman–Crippen MR) is 75.8 cm³/mol. The molecule has 4 nitrogen and oxygen atoms in total. The maximum absolute atomic E-state index is 12.0. The molecule has 0 radical (unpaired) electrons. The molecule has 1 aromatic heterocycles. The van der Waals surface area contributed by atoms with Crippen LogP contribution >= 0.6 is 0 Å². The second-order valence-corrected chi connectivity index (χ2v) is 5.31. The average Bonchev–Trinajstić information content (AvgIpc) is 2.68. The van der Waals surface area contributed by atoms with E-state index in [9.17, 15) is 4.79 Å². The molecule has 2 rings (SSSR count). The van der Waals surface area contributed by atoms with Gasteiger partial charge in [0.05, 0.1) is 6.04 Å². The van der Waals surface area contributed by atoms with E-state index in [0.29, 0.717) is 6.04 Å². The van der Waals surface area contributed by atoms with Gasteiger partial charge >= 0.3 is 6.03 Å². The van der Waals surface area contributed by atoms with Gasteiger partial charge in [-0.25, -0.2) is 4.79 Å². The summed E-state index contributed by atoms with van der Waals surface area (Å²) >= 11 is 0. The molecule has 1 atom stereocenters. The Morgan fingerprint density at radius 3 is 2.47 bits per heavy atom. The van der Waals surface area contributed by atoms with Crippen molar-refractivity contribution >= 4 is 6.03 Å². The van der Waals surface area contributed by atoms with Gasteiger partial charge < -0.3 is 10.6 Å². The van der Waals surface area contributed by atoms with E-state index < -0.39 is 0 Å². The Morgan fingerprint density at radius 1 is 1.21 bits per heavy atom. The lowest BCUT2D eigenvalue weighted by Gasteiger charge is -2.19. The molecule has 0 aromatic carbocycles. The van der Waals surface area contributed by atoms with Gasteiger partial charge in [-0.2, -0.15) is 0 Å². The molecule has 19 heavy (non-hydrogen) atoms. The fourth-order valence-electron chi connectivity index (χ4n) is 2.58. The summed E-state index contributed by atoms with van der Waals surface area (Å²) in [7, 11) is 0. The molecule has 0 aliphatic heterocycles. The molecule has 1 aliphatic rings. The minimum Gasteiger partial charge on any atom is -0.335 e. The molecule has 2 amide bonds. The summed E-state index contributed by atoms with van der Waals surface area (Å²) in [5.41, 5.74) is 1.08. The average molecular weight is 261 g/mol. The Labute approximate surface area is 115 Å². The molecule has 0 saturated heterocycles. The van der Waals surface area contributed by atoms with Crippen molar-refractivity contribution in [2.24, 2.45) is 0 Å². The van der Waals surface area contributed by atoms with Gasteiger partial charge in [0.15, 0.2) is 0 Å². The van der Waals surface area contributed by atoms with Crippen molar-refractivity contribution in [1.82, 2.24) is 15.6 Å². The smallest absolute Gasteiger partial charge is 0.315 e. The van der Waals surface area contributed by atoms with Crippen molar-refractivity contribution < 1.29 is 4.79 Å². The molecule has 1 fully saturated rings. The topological polar surface area (TPSA) is 54.0 Å².